The maximum atomic E-state index is 12.1. The molecule has 2 N–H and O–H groups in total. The van der Waals surface area contributed by atoms with E-state index in [0.29, 0.717) is 11.4 Å². The molecule has 0 amide bonds. The van der Waals surface area contributed by atoms with E-state index in [0.717, 1.165) is 11.4 Å². The van der Waals surface area contributed by atoms with Gasteiger partial charge >= 0.3 is 0 Å². The molecule has 0 aliphatic carbocycles. The maximum absolute atomic E-state index is 12.1. The number of nitrogens with one attached hydrogen (secondary N) is 2. The molecular weight excluding hydrogens is 252 g/mol. The van der Waals surface area contributed by atoms with Gasteiger partial charge in [-0.25, -0.2) is 4.98 Å². The molecule has 2 heterocycles. The first-order chi connectivity index (χ1) is 9.49. The number of aromatic amines is 1. The first-order valence-electron chi connectivity index (χ1n) is 6.73. The highest BCUT2D eigenvalue weighted by atomic mass is 16.1. The van der Waals surface area contributed by atoms with Gasteiger partial charge in [-0.15, -0.1) is 0 Å². The second-order valence-electron chi connectivity index (χ2n) is 5.02. The fraction of sp³-hybridized carbons (Fsp3) is 0.400. The Morgan fingerprint density at radius 1 is 1.20 bits per heavy atom. The Labute approximate surface area is 118 Å². The van der Waals surface area contributed by atoms with Crippen molar-refractivity contribution >= 4 is 0 Å². The van der Waals surface area contributed by atoms with Crippen molar-refractivity contribution in [1.82, 2.24) is 20.3 Å². The van der Waals surface area contributed by atoms with Gasteiger partial charge in [0.2, 0.25) is 0 Å². The first-order valence-corrected chi connectivity index (χ1v) is 6.73. The van der Waals surface area contributed by atoms with E-state index in [1.165, 1.54) is 0 Å². The van der Waals surface area contributed by atoms with Crippen molar-refractivity contribution < 1.29 is 0 Å². The number of hydrogen-bond acceptors (Lipinski definition) is 4. The third-order valence-electron chi connectivity index (χ3n) is 3.33. The molecule has 0 aliphatic rings. The lowest BCUT2D eigenvalue weighted by Gasteiger charge is -2.20. The summed E-state index contributed by atoms with van der Waals surface area (Å²) in [4.78, 5) is 23.5. The average Bonchev–Trinajstić information content (AvgIpc) is 2.38. The van der Waals surface area contributed by atoms with Crippen LogP contribution >= 0.6 is 0 Å². The number of aromatic nitrogens is 3. The van der Waals surface area contributed by atoms with E-state index < -0.39 is 0 Å². The standard InChI is InChI=1S/C15H20N4O/c1-9(13-7-5-6-8-16-13)17-10(2)14-11(3)18-12(4)19-15(14)20/h5-10,17H,1-4H3,(H,18,19,20). The van der Waals surface area contributed by atoms with Gasteiger partial charge < -0.3 is 10.3 Å². The summed E-state index contributed by atoms with van der Waals surface area (Å²) < 4.78 is 0. The van der Waals surface area contributed by atoms with Gasteiger partial charge in [-0.1, -0.05) is 6.07 Å². The number of aryl methyl sites for hydroxylation is 2. The van der Waals surface area contributed by atoms with E-state index >= 15 is 0 Å². The zero-order chi connectivity index (χ0) is 14.7. The van der Waals surface area contributed by atoms with Crippen molar-refractivity contribution in [3.05, 3.63) is 57.5 Å². The summed E-state index contributed by atoms with van der Waals surface area (Å²) >= 11 is 0. The Morgan fingerprint density at radius 2 is 1.95 bits per heavy atom. The van der Waals surface area contributed by atoms with E-state index in [1.807, 2.05) is 39.0 Å². The van der Waals surface area contributed by atoms with Crippen LogP contribution in [0.3, 0.4) is 0 Å². The molecular formula is C15H20N4O. The number of H-pyrrole nitrogens is 1. The molecule has 5 nitrogen and oxygen atoms in total. The highest BCUT2D eigenvalue weighted by Gasteiger charge is 2.17. The van der Waals surface area contributed by atoms with Crippen LogP contribution in [0.1, 0.15) is 48.7 Å². The van der Waals surface area contributed by atoms with Gasteiger partial charge in [0.05, 0.1) is 11.3 Å². The molecule has 0 spiro atoms. The van der Waals surface area contributed by atoms with Crippen LogP contribution < -0.4 is 10.9 Å². The molecule has 2 rings (SSSR count). The molecule has 0 radical (unpaired) electrons. The molecule has 0 aromatic carbocycles. The van der Waals surface area contributed by atoms with Gasteiger partial charge in [0.1, 0.15) is 5.82 Å². The van der Waals surface area contributed by atoms with Crippen LogP contribution in [-0.2, 0) is 0 Å². The molecule has 2 atom stereocenters. The van der Waals surface area contributed by atoms with E-state index in [1.54, 1.807) is 13.1 Å². The Bertz CT molecular complexity index is 636. The van der Waals surface area contributed by atoms with Gasteiger partial charge in [-0.3, -0.25) is 9.78 Å². The van der Waals surface area contributed by atoms with Gasteiger partial charge in [-0.05, 0) is 39.8 Å². The zero-order valence-corrected chi connectivity index (χ0v) is 12.3. The molecule has 2 aromatic rings. The molecule has 0 saturated heterocycles. The molecule has 5 heteroatoms. The topological polar surface area (TPSA) is 70.7 Å². The smallest absolute Gasteiger partial charge is 0.255 e. The van der Waals surface area contributed by atoms with Crippen LogP contribution in [0, 0.1) is 13.8 Å². The minimum absolute atomic E-state index is 0.0614. The van der Waals surface area contributed by atoms with E-state index in [2.05, 4.69) is 20.3 Å². The molecule has 0 aliphatic heterocycles. The minimum Gasteiger partial charge on any atom is -0.310 e. The van der Waals surface area contributed by atoms with Crippen LogP contribution in [0.2, 0.25) is 0 Å². The third-order valence-corrected chi connectivity index (χ3v) is 3.33. The average molecular weight is 272 g/mol. The van der Waals surface area contributed by atoms with Crippen molar-refractivity contribution in [2.24, 2.45) is 0 Å². The van der Waals surface area contributed by atoms with E-state index in [-0.39, 0.29) is 17.6 Å². The summed E-state index contributed by atoms with van der Waals surface area (Å²) in [6.45, 7) is 7.64. The fourth-order valence-electron chi connectivity index (χ4n) is 2.42. The second kappa shape index (κ2) is 5.96. The minimum atomic E-state index is -0.0937. The number of nitrogens with zero attached hydrogens (tertiary/aromatic N) is 2. The predicted molar refractivity (Wildman–Crippen MR) is 78.5 cm³/mol. The summed E-state index contributed by atoms with van der Waals surface area (Å²) in [6, 6.07) is 5.78. The van der Waals surface area contributed by atoms with Crippen molar-refractivity contribution in [2.45, 2.75) is 39.8 Å². The second-order valence-corrected chi connectivity index (χ2v) is 5.02. The van der Waals surface area contributed by atoms with Crippen molar-refractivity contribution in [3.8, 4) is 0 Å². The fourth-order valence-corrected chi connectivity index (χ4v) is 2.42. The largest absolute Gasteiger partial charge is 0.310 e. The summed E-state index contributed by atoms with van der Waals surface area (Å²) in [5, 5.41) is 3.39. The van der Waals surface area contributed by atoms with Crippen LogP contribution in [0.15, 0.2) is 29.2 Å². The normalized spacial score (nSPS) is 14.0. The molecule has 0 fully saturated rings. The SMILES string of the molecule is Cc1nc(C)c(C(C)NC(C)c2ccccn2)c(=O)[nH]1. The maximum Gasteiger partial charge on any atom is 0.255 e. The van der Waals surface area contributed by atoms with Gasteiger partial charge in [0.15, 0.2) is 0 Å². The number of pyridine rings is 1. The Morgan fingerprint density at radius 3 is 2.55 bits per heavy atom. The number of hydrogen-bond donors (Lipinski definition) is 2. The molecule has 2 aromatic heterocycles. The van der Waals surface area contributed by atoms with Crippen LogP contribution in [0.5, 0.6) is 0 Å². The van der Waals surface area contributed by atoms with Crippen LogP contribution in [0.4, 0.5) is 0 Å². The lowest BCUT2D eigenvalue weighted by molar-refractivity contribution is 0.480. The van der Waals surface area contributed by atoms with Crippen molar-refractivity contribution in [3.63, 3.8) is 0 Å². The lowest BCUT2D eigenvalue weighted by Crippen LogP contribution is -2.30. The third kappa shape index (κ3) is 3.11. The monoisotopic (exact) mass is 272 g/mol. The first kappa shape index (κ1) is 14.4. The summed E-state index contributed by atoms with van der Waals surface area (Å²) in [5.74, 6) is 0.640. The van der Waals surface area contributed by atoms with Crippen LogP contribution in [0.25, 0.3) is 0 Å². The van der Waals surface area contributed by atoms with Crippen LogP contribution in [-0.4, -0.2) is 15.0 Å². The summed E-state index contributed by atoms with van der Waals surface area (Å²) in [6.07, 6.45) is 1.77. The van der Waals surface area contributed by atoms with Gasteiger partial charge in [-0.2, -0.15) is 0 Å². The van der Waals surface area contributed by atoms with Crippen molar-refractivity contribution in [1.29, 1.82) is 0 Å². The molecule has 2 unspecified atom stereocenters. The van der Waals surface area contributed by atoms with Gasteiger partial charge in [0.25, 0.3) is 5.56 Å². The highest BCUT2D eigenvalue weighted by molar-refractivity contribution is 5.21. The zero-order valence-electron chi connectivity index (χ0n) is 12.3. The van der Waals surface area contributed by atoms with Gasteiger partial charge in [0, 0.05) is 24.0 Å². The number of rotatable bonds is 4. The molecule has 106 valence electrons. The molecule has 20 heavy (non-hydrogen) atoms. The van der Waals surface area contributed by atoms with Crippen molar-refractivity contribution in [2.75, 3.05) is 0 Å². The summed E-state index contributed by atoms with van der Waals surface area (Å²) in [7, 11) is 0. The Hall–Kier alpha value is -2.01. The van der Waals surface area contributed by atoms with E-state index in [9.17, 15) is 4.79 Å². The highest BCUT2D eigenvalue weighted by Crippen LogP contribution is 2.17. The quantitative estimate of drug-likeness (QED) is 0.895. The summed E-state index contributed by atoms with van der Waals surface area (Å²) in [5.41, 5.74) is 2.31. The molecule has 0 saturated carbocycles. The Kier molecular flexibility index (Phi) is 4.29. The lowest BCUT2D eigenvalue weighted by atomic mass is 10.1. The van der Waals surface area contributed by atoms with E-state index in [4.69, 9.17) is 0 Å². The Balaban J connectivity index is 2.21. The molecule has 0 bridgehead atoms. The predicted octanol–water partition coefficient (Wildman–Crippen LogP) is 2.19.